The summed E-state index contributed by atoms with van der Waals surface area (Å²) < 4.78 is 336. The third-order valence-electron chi connectivity index (χ3n) is 10.4. The second-order valence-corrected chi connectivity index (χ2v) is 24.5. The van der Waals surface area contributed by atoms with Gasteiger partial charge in [0, 0.05) is 78.2 Å². The van der Waals surface area contributed by atoms with Gasteiger partial charge in [0.2, 0.25) is 17.6 Å². The van der Waals surface area contributed by atoms with E-state index in [0.29, 0.717) is 10.9 Å². The zero-order valence-corrected chi connectivity index (χ0v) is 57.6. The fourth-order valence-corrected chi connectivity index (χ4v) is 9.55. The number of hydrogen-bond donors (Lipinski definition) is 6. The van der Waals surface area contributed by atoms with Crippen LogP contribution < -0.4 is 56.8 Å². The van der Waals surface area contributed by atoms with Crippen molar-refractivity contribution in [2.45, 2.75) is 60.8 Å². The van der Waals surface area contributed by atoms with Gasteiger partial charge in [-0.3, -0.25) is 14.2 Å². The topological polar surface area (TPSA) is 385 Å². The zero-order chi connectivity index (χ0) is 92.7. The number of halogens is 3. The molecule has 0 spiro atoms. The normalized spacial score (nSPS) is 16.0. The largest absolute Gasteiger partial charge is 0.473 e. The highest BCUT2D eigenvalue weighted by Gasteiger charge is 2.23. The second-order valence-electron chi connectivity index (χ2n) is 17.6. The molecule has 510 valence electrons. The van der Waals surface area contributed by atoms with Gasteiger partial charge in [0.05, 0.1) is 41.4 Å². The van der Waals surface area contributed by atoms with Crippen molar-refractivity contribution in [2.24, 2.45) is 0 Å². The van der Waals surface area contributed by atoms with Crippen LogP contribution in [-0.2, 0) is 30.6 Å². The molecule has 96 heavy (non-hydrogen) atoms. The molecular weight excluding hydrogens is 1500 g/mol. The quantitative estimate of drug-likeness (QED) is 0.0208. The lowest BCUT2D eigenvalue weighted by molar-refractivity contribution is 0.202. The first kappa shape index (κ1) is 45.1. The maximum atomic E-state index is 12.9. The SMILES string of the molecule is [2H]c1nc(NS(=O)(=O)NC([2H])([2H])C([2H])([2H])C)c(-c2ccc(Br)cc2)c(OC([2H])([2H])C([2H])([2H])Oc2nc([2H])c(C)c([2H])n2)n1.[2H]c1nc(NS(=O)(=O)NC([2H])([2H])CC)c(-c2c([2H])c([2H])c(Br)c([2H])c2[2H])c(OCCOc2nc([2H])c(C)c([2H])n2)n1.[2H]c1nc(NS(=O)(=O)NCCC)c(-c2c([2H])c([2H])c(Br)c([2H])c2[2H])c(OCCOc2nc([2H])c(C)c([2H])n2)n1. The Morgan fingerprint density at radius 2 is 0.760 bits per heavy atom. The summed E-state index contributed by atoms with van der Waals surface area (Å²) in [5.74, 6) is -3.69. The molecule has 6 N–H and O–H groups in total. The molecule has 0 fully saturated rings. The predicted octanol–water partition coefficient (Wildman–Crippen LogP) is 9.36. The summed E-state index contributed by atoms with van der Waals surface area (Å²) in [5, 5.41) is 0. The Hall–Kier alpha value is -8.49. The summed E-state index contributed by atoms with van der Waals surface area (Å²) >= 11 is 9.24. The van der Waals surface area contributed by atoms with Gasteiger partial charge in [-0.15, -0.1) is 0 Å². The monoisotopic (exact) mass is 1590 g/mol. The number of rotatable bonds is 33. The van der Waals surface area contributed by atoms with Crippen LogP contribution in [-0.4, -0.2) is 144 Å². The molecule has 0 atom stereocenters. The first-order chi connectivity index (χ1) is 56.7. The Kier molecular flexibility index (Phi) is 17.7. The maximum absolute atomic E-state index is 12.9. The Labute approximate surface area is 619 Å². The molecule has 0 bridgehead atoms. The molecule has 0 saturated heterocycles. The van der Waals surface area contributed by atoms with E-state index in [0.717, 1.165) is 6.92 Å². The molecule has 0 radical (unpaired) electrons. The van der Waals surface area contributed by atoms with Crippen LogP contribution in [0, 0.1) is 20.8 Å². The molecule has 36 heteroatoms. The van der Waals surface area contributed by atoms with Gasteiger partial charge in [0.15, 0.2) is 17.5 Å². The van der Waals surface area contributed by atoms with E-state index < -0.39 is 201 Å². The lowest BCUT2D eigenvalue weighted by Crippen LogP contribution is -2.31. The molecule has 0 aliphatic heterocycles. The standard InChI is InChI=1S/3C20H23BrN6O4S/c3*1-3-8-26-32(28,29)27-18-17(15-4-6-16(21)7-5-15)19(25-13-24-18)30-9-10-31-20-22-11-14(2)12-23-20/h3*4-7,11-13,26H,3,8-10H2,1-2H3,(H,24,25,27)/i4D,5D,6D,7D,8D2,11D,12D,13D;4D,5D,6D,7D,11D,12D,13D;3D2,8D2,9D2,10D2,11D,12D,13D. The van der Waals surface area contributed by atoms with E-state index in [1.807, 2.05) is 9.44 Å². The van der Waals surface area contributed by atoms with E-state index in [9.17, 15) is 25.3 Å². The highest BCUT2D eigenvalue weighted by Crippen LogP contribution is 2.38. The minimum atomic E-state index is -4.97. The molecule has 6 heterocycles. The summed E-state index contributed by atoms with van der Waals surface area (Å²) in [6, 6.07) is 0.203. The predicted molar refractivity (Wildman–Crippen MR) is 371 cm³/mol. The third kappa shape index (κ3) is 24.9. The van der Waals surface area contributed by atoms with Gasteiger partial charge in [-0.2, -0.15) is 39.4 Å². The molecular formula is C60H69Br3N18O12S3. The highest BCUT2D eigenvalue weighted by atomic mass is 79.9. The first-order valence-electron chi connectivity index (χ1n) is 40.4. The van der Waals surface area contributed by atoms with Crippen molar-refractivity contribution in [3.63, 3.8) is 0 Å². The minimum absolute atomic E-state index is 0.0582. The summed E-state index contributed by atoms with van der Waals surface area (Å²) in [4.78, 5) is 45.1. The van der Waals surface area contributed by atoms with Crippen LogP contribution >= 0.6 is 47.8 Å². The van der Waals surface area contributed by atoms with E-state index in [1.54, 1.807) is 11.6 Å². The van der Waals surface area contributed by atoms with Crippen LogP contribution in [0.5, 0.6) is 35.7 Å². The van der Waals surface area contributed by atoms with Crippen molar-refractivity contribution in [2.75, 3.05) is 73.3 Å². The number of hydrogen-bond acceptors (Lipinski definition) is 24. The highest BCUT2D eigenvalue weighted by molar-refractivity contribution is 9.11. The Morgan fingerprint density at radius 1 is 0.406 bits per heavy atom. The number of nitrogens with zero attached hydrogens (tertiary/aromatic N) is 12. The number of ether oxygens (including phenoxy) is 6. The van der Waals surface area contributed by atoms with Crippen LogP contribution in [0.2, 0.25) is 0 Å². The molecule has 30 nitrogen and oxygen atoms in total. The number of anilines is 3. The van der Waals surface area contributed by atoms with Gasteiger partial charge < -0.3 is 28.4 Å². The molecule has 0 unspecified atom stereocenters. The average Bonchev–Trinajstić information content (AvgIpc) is 0.760. The molecule has 0 amide bonds. The fraction of sp³-hybridized carbons (Fsp3) is 0.300. The Balaban J connectivity index is 0.000000254. The molecule has 3 aromatic carbocycles. The summed E-state index contributed by atoms with van der Waals surface area (Å²) in [7, 11) is -13.9. The number of aromatic nitrogens is 12. The summed E-state index contributed by atoms with van der Waals surface area (Å²) in [6.07, 6.45) is -6.51. The molecule has 9 rings (SSSR count). The van der Waals surface area contributed by atoms with E-state index in [1.165, 1.54) is 56.7 Å². The van der Waals surface area contributed by atoms with Crippen molar-refractivity contribution in [1.29, 1.82) is 0 Å². The molecule has 0 aliphatic carbocycles. The molecule has 0 saturated carbocycles. The minimum Gasteiger partial charge on any atom is -0.473 e. The van der Waals surface area contributed by atoms with Gasteiger partial charge in [-0.05, 0) is 110 Å². The number of nitrogens with one attached hydrogen (secondary N) is 6. The van der Waals surface area contributed by atoms with Crippen LogP contribution in [0.4, 0.5) is 17.5 Å². The van der Waals surface area contributed by atoms with E-state index in [2.05, 4.69) is 117 Å². The fourth-order valence-electron chi connectivity index (χ4n) is 6.46. The molecule has 6 aromatic heterocycles. The molecule has 9 aromatic rings. The lowest BCUT2D eigenvalue weighted by atomic mass is 10.1. The summed E-state index contributed by atoms with van der Waals surface area (Å²) in [6.45, 7) is -5.14. The van der Waals surface area contributed by atoms with Crippen molar-refractivity contribution in [3.8, 4) is 69.1 Å². The maximum Gasteiger partial charge on any atom is 0.316 e. The van der Waals surface area contributed by atoms with Gasteiger partial charge in [0.1, 0.15) is 62.6 Å². The van der Waals surface area contributed by atoms with E-state index >= 15 is 0 Å². The summed E-state index contributed by atoms with van der Waals surface area (Å²) in [5.41, 5.74) is -1.39. The van der Waals surface area contributed by atoms with Gasteiger partial charge in [-0.25, -0.2) is 59.8 Å². The van der Waals surface area contributed by atoms with Crippen LogP contribution in [0.3, 0.4) is 0 Å². The van der Waals surface area contributed by atoms with Crippen LogP contribution in [0.15, 0.2) is 142 Å². The Bertz CT molecular complexity index is 5730. The van der Waals surface area contributed by atoms with Gasteiger partial charge in [0.25, 0.3) is 30.6 Å². The van der Waals surface area contributed by atoms with Crippen molar-refractivity contribution < 1.29 is 90.7 Å². The van der Waals surface area contributed by atoms with E-state index in [-0.39, 0.29) is 118 Å². The second kappa shape index (κ2) is 37.7. The first-order valence-corrected chi connectivity index (χ1v) is 33.7. The van der Waals surface area contributed by atoms with Gasteiger partial charge >= 0.3 is 18.0 Å². The van der Waals surface area contributed by atoms with E-state index in [4.69, 9.17) is 65.4 Å². The van der Waals surface area contributed by atoms with Crippen molar-refractivity contribution in [1.82, 2.24) is 74.0 Å². The molecule has 0 aliphatic rings. The van der Waals surface area contributed by atoms with Crippen molar-refractivity contribution >= 4 is 95.9 Å². The average molecular weight is 1600 g/mol. The zero-order valence-electron chi connectivity index (χ0n) is 77.4. The van der Waals surface area contributed by atoms with Crippen molar-refractivity contribution in [3.05, 3.63) is 159 Å². The van der Waals surface area contributed by atoms with Crippen LogP contribution in [0.1, 0.15) is 93.7 Å². The third-order valence-corrected chi connectivity index (χ3v) is 14.5. The van der Waals surface area contributed by atoms with Crippen LogP contribution in [0.25, 0.3) is 33.4 Å². The van der Waals surface area contributed by atoms with Gasteiger partial charge in [-0.1, -0.05) is 105 Å². The lowest BCUT2D eigenvalue weighted by Gasteiger charge is -2.15. The number of benzene rings is 3. The Morgan fingerprint density at radius 3 is 1.16 bits per heavy atom. The smallest absolute Gasteiger partial charge is 0.316 e.